The molecule has 2 unspecified atom stereocenters. The molecule has 0 saturated carbocycles. The summed E-state index contributed by atoms with van der Waals surface area (Å²) >= 11 is 0. The zero-order chi connectivity index (χ0) is 18.4. The van der Waals surface area contributed by atoms with E-state index in [4.69, 9.17) is 0 Å². The predicted octanol–water partition coefficient (Wildman–Crippen LogP) is 2.09. The molecule has 1 aromatic heterocycles. The lowest BCUT2D eigenvalue weighted by atomic mass is 10.0. The topological polar surface area (TPSA) is 74.3 Å². The third-order valence-corrected chi connectivity index (χ3v) is 4.48. The summed E-state index contributed by atoms with van der Waals surface area (Å²) in [5, 5.41) is 6.25. The number of aromatic nitrogens is 1. The monoisotopic (exact) mass is 424 g/mol. The fourth-order valence-electron chi connectivity index (χ4n) is 3.14. The number of carbonyl (C=O) groups excluding carboxylic acids is 2. The summed E-state index contributed by atoms with van der Waals surface area (Å²) in [5.41, 5.74) is 1.47. The molecule has 1 fully saturated rings. The van der Waals surface area contributed by atoms with Gasteiger partial charge < -0.3 is 15.5 Å². The van der Waals surface area contributed by atoms with Gasteiger partial charge in [-0.15, -0.1) is 24.8 Å². The minimum Gasteiger partial charge on any atom is -0.340 e. The van der Waals surface area contributed by atoms with Crippen molar-refractivity contribution in [1.29, 1.82) is 0 Å². The van der Waals surface area contributed by atoms with E-state index >= 15 is 0 Å². The van der Waals surface area contributed by atoms with Gasteiger partial charge in [-0.25, -0.2) is 0 Å². The van der Waals surface area contributed by atoms with Crippen molar-refractivity contribution in [3.63, 3.8) is 0 Å². The van der Waals surface area contributed by atoms with Crippen LogP contribution in [0.25, 0.3) is 0 Å². The molecule has 1 aliphatic heterocycles. The second-order valence-corrected chi connectivity index (χ2v) is 6.60. The van der Waals surface area contributed by atoms with Crippen LogP contribution in [-0.2, 0) is 11.2 Å². The van der Waals surface area contributed by atoms with E-state index in [-0.39, 0.29) is 42.7 Å². The molecule has 0 aliphatic carbocycles. The maximum atomic E-state index is 13.1. The SMILES string of the molecule is CC1CN(C(=O)C(Cc2cccnc2)NC(=O)c2ccccc2)CCN1.Cl.Cl. The second-order valence-electron chi connectivity index (χ2n) is 6.60. The highest BCUT2D eigenvalue weighted by Crippen LogP contribution is 2.09. The van der Waals surface area contributed by atoms with Crippen molar-refractivity contribution in [2.24, 2.45) is 0 Å². The van der Waals surface area contributed by atoms with Crippen molar-refractivity contribution in [1.82, 2.24) is 20.5 Å². The first-order chi connectivity index (χ1) is 12.6. The number of nitrogens with one attached hydrogen (secondary N) is 2. The Morgan fingerprint density at radius 1 is 1.21 bits per heavy atom. The van der Waals surface area contributed by atoms with Crippen molar-refractivity contribution in [3.8, 4) is 0 Å². The molecule has 2 amide bonds. The van der Waals surface area contributed by atoms with Crippen LogP contribution < -0.4 is 10.6 Å². The molecule has 152 valence electrons. The predicted molar refractivity (Wildman–Crippen MR) is 114 cm³/mol. The Bertz CT molecular complexity index is 746. The summed E-state index contributed by atoms with van der Waals surface area (Å²) < 4.78 is 0. The van der Waals surface area contributed by atoms with Crippen LogP contribution in [0.1, 0.15) is 22.8 Å². The quantitative estimate of drug-likeness (QED) is 0.770. The van der Waals surface area contributed by atoms with Crippen molar-refractivity contribution in [3.05, 3.63) is 66.0 Å². The van der Waals surface area contributed by atoms with Gasteiger partial charge in [0.2, 0.25) is 5.91 Å². The van der Waals surface area contributed by atoms with E-state index in [9.17, 15) is 9.59 Å². The fourth-order valence-corrected chi connectivity index (χ4v) is 3.14. The molecule has 0 radical (unpaired) electrons. The Balaban J connectivity index is 0.00000196. The van der Waals surface area contributed by atoms with Crippen LogP contribution in [0.4, 0.5) is 0 Å². The normalized spacial score (nSPS) is 16.9. The number of piperazine rings is 1. The number of hydrogen-bond donors (Lipinski definition) is 2. The van der Waals surface area contributed by atoms with Crippen molar-refractivity contribution < 1.29 is 9.59 Å². The summed E-state index contributed by atoms with van der Waals surface area (Å²) in [6.45, 7) is 4.11. The highest BCUT2D eigenvalue weighted by Gasteiger charge is 2.29. The molecule has 2 aromatic rings. The summed E-state index contributed by atoms with van der Waals surface area (Å²) in [6.07, 6.45) is 3.85. The summed E-state index contributed by atoms with van der Waals surface area (Å²) in [4.78, 5) is 31.6. The number of carbonyl (C=O) groups is 2. The number of halogens is 2. The van der Waals surface area contributed by atoms with Crippen molar-refractivity contribution in [2.75, 3.05) is 19.6 Å². The molecular weight excluding hydrogens is 399 g/mol. The van der Waals surface area contributed by atoms with Crippen LogP contribution in [0.2, 0.25) is 0 Å². The van der Waals surface area contributed by atoms with Gasteiger partial charge in [-0.2, -0.15) is 0 Å². The molecule has 0 bridgehead atoms. The van der Waals surface area contributed by atoms with Crippen LogP contribution in [0, 0.1) is 0 Å². The molecule has 3 rings (SSSR count). The van der Waals surface area contributed by atoms with Gasteiger partial charge in [-0.05, 0) is 30.7 Å². The largest absolute Gasteiger partial charge is 0.340 e. The maximum absolute atomic E-state index is 13.1. The number of benzene rings is 1. The summed E-state index contributed by atoms with van der Waals surface area (Å²) in [6, 6.07) is 12.4. The zero-order valence-electron chi connectivity index (χ0n) is 15.7. The van der Waals surface area contributed by atoms with Gasteiger partial charge in [0.1, 0.15) is 6.04 Å². The Morgan fingerprint density at radius 2 is 1.96 bits per heavy atom. The molecule has 1 aliphatic rings. The van der Waals surface area contributed by atoms with E-state index in [0.29, 0.717) is 25.1 Å². The molecule has 1 saturated heterocycles. The average Bonchev–Trinajstić information content (AvgIpc) is 2.68. The third kappa shape index (κ3) is 6.48. The highest BCUT2D eigenvalue weighted by atomic mass is 35.5. The highest BCUT2D eigenvalue weighted by molar-refractivity contribution is 5.97. The molecule has 8 heteroatoms. The van der Waals surface area contributed by atoms with Gasteiger partial charge in [0.15, 0.2) is 0 Å². The van der Waals surface area contributed by atoms with Gasteiger partial charge >= 0.3 is 0 Å². The molecule has 2 N–H and O–H groups in total. The first-order valence-corrected chi connectivity index (χ1v) is 8.90. The Kier molecular flexibility index (Phi) is 9.93. The lowest BCUT2D eigenvalue weighted by Gasteiger charge is -2.34. The van der Waals surface area contributed by atoms with Gasteiger partial charge in [0.05, 0.1) is 0 Å². The van der Waals surface area contributed by atoms with E-state index in [1.165, 1.54) is 0 Å². The number of nitrogens with zero attached hydrogens (tertiary/aromatic N) is 2. The minimum atomic E-state index is -0.614. The minimum absolute atomic E-state index is 0. The lowest BCUT2D eigenvalue weighted by molar-refractivity contribution is -0.134. The van der Waals surface area contributed by atoms with Crippen LogP contribution >= 0.6 is 24.8 Å². The van der Waals surface area contributed by atoms with E-state index in [0.717, 1.165) is 12.1 Å². The van der Waals surface area contributed by atoms with Crippen molar-refractivity contribution >= 4 is 36.6 Å². The Hall–Kier alpha value is -2.15. The van der Waals surface area contributed by atoms with Crippen molar-refractivity contribution in [2.45, 2.75) is 25.4 Å². The summed E-state index contributed by atoms with van der Waals surface area (Å²) in [5.74, 6) is -0.289. The molecule has 0 spiro atoms. The van der Waals surface area contributed by atoms with E-state index in [2.05, 4.69) is 22.5 Å². The number of amides is 2. The maximum Gasteiger partial charge on any atom is 0.251 e. The second kappa shape index (κ2) is 11.6. The molecular formula is C20H26Cl2N4O2. The molecule has 1 aromatic carbocycles. The van der Waals surface area contributed by atoms with Crippen LogP contribution in [0.15, 0.2) is 54.9 Å². The number of pyridine rings is 1. The molecule has 2 atom stereocenters. The van der Waals surface area contributed by atoms with Gasteiger partial charge in [-0.1, -0.05) is 24.3 Å². The fraction of sp³-hybridized carbons (Fsp3) is 0.350. The molecule has 28 heavy (non-hydrogen) atoms. The molecule has 6 nitrogen and oxygen atoms in total. The first kappa shape index (κ1) is 23.9. The van der Waals surface area contributed by atoms with E-state index in [1.807, 2.05) is 35.2 Å². The standard InChI is InChI=1S/C20H24N4O2.2ClH/c1-15-14-24(11-10-22-15)20(26)18(12-16-6-5-9-21-13-16)23-19(25)17-7-3-2-4-8-17;;/h2-9,13,15,18,22H,10-12,14H2,1H3,(H,23,25);2*1H. The first-order valence-electron chi connectivity index (χ1n) is 8.90. The van der Waals surface area contributed by atoms with Crippen LogP contribution in [0.5, 0.6) is 0 Å². The number of rotatable bonds is 5. The van der Waals surface area contributed by atoms with E-state index in [1.54, 1.807) is 24.5 Å². The zero-order valence-corrected chi connectivity index (χ0v) is 17.3. The van der Waals surface area contributed by atoms with Gasteiger partial charge in [0.25, 0.3) is 5.91 Å². The lowest BCUT2D eigenvalue weighted by Crippen LogP contribution is -2.57. The average molecular weight is 425 g/mol. The Morgan fingerprint density at radius 3 is 2.61 bits per heavy atom. The third-order valence-electron chi connectivity index (χ3n) is 4.48. The summed E-state index contributed by atoms with van der Waals surface area (Å²) in [7, 11) is 0. The smallest absolute Gasteiger partial charge is 0.251 e. The van der Waals surface area contributed by atoms with Gasteiger partial charge in [-0.3, -0.25) is 14.6 Å². The number of hydrogen-bond acceptors (Lipinski definition) is 4. The van der Waals surface area contributed by atoms with Gasteiger partial charge in [0, 0.05) is 50.1 Å². The van der Waals surface area contributed by atoms with Crippen LogP contribution in [0.3, 0.4) is 0 Å². The van der Waals surface area contributed by atoms with Crippen LogP contribution in [-0.4, -0.2) is 53.4 Å². The Labute approximate surface area is 177 Å². The van der Waals surface area contributed by atoms with E-state index < -0.39 is 6.04 Å². The molecule has 2 heterocycles.